The number of nitriles is 1. The normalized spacial score (nSPS) is 11.6. The van der Waals surface area contributed by atoms with E-state index < -0.39 is 10.8 Å². The standard InChI is InChI=1S/C16H14Cl2N4O2S/c1-3-13-12(7-19)15(24)22-16(21-13)25-8(2)14(23)20-11-5-9(17)4-10(18)6-11/h4-6,8H,3H2,1-2H3,(H,20,23)(H,21,22,24)/t8-/m1/s1. The molecule has 0 saturated heterocycles. The van der Waals surface area contributed by atoms with E-state index in [1.165, 1.54) is 0 Å². The van der Waals surface area contributed by atoms with Crippen molar-refractivity contribution in [1.82, 2.24) is 9.97 Å². The molecule has 1 amide bonds. The Hall–Kier alpha value is -2.01. The van der Waals surface area contributed by atoms with Gasteiger partial charge in [0, 0.05) is 15.7 Å². The van der Waals surface area contributed by atoms with E-state index in [1.807, 2.05) is 6.07 Å². The number of carbonyl (C=O) groups is 1. The molecule has 2 rings (SSSR count). The number of amides is 1. The molecule has 6 nitrogen and oxygen atoms in total. The van der Waals surface area contributed by atoms with E-state index in [9.17, 15) is 9.59 Å². The van der Waals surface area contributed by atoms with Gasteiger partial charge in [0.25, 0.3) is 5.56 Å². The molecule has 25 heavy (non-hydrogen) atoms. The molecule has 1 heterocycles. The van der Waals surface area contributed by atoms with Gasteiger partial charge in [-0.2, -0.15) is 5.26 Å². The van der Waals surface area contributed by atoms with E-state index >= 15 is 0 Å². The summed E-state index contributed by atoms with van der Waals surface area (Å²) < 4.78 is 0. The van der Waals surface area contributed by atoms with Crippen LogP contribution in [-0.4, -0.2) is 21.1 Å². The summed E-state index contributed by atoms with van der Waals surface area (Å²) in [5.41, 5.74) is 0.372. The fourth-order valence-corrected chi connectivity index (χ4v) is 3.36. The lowest BCUT2D eigenvalue weighted by molar-refractivity contribution is -0.115. The van der Waals surface area contributed by atoms with Gasteiger partial charge in [-0.1, -0.05) is 41.9 Å². The number of nitrogens with zero attached hydrogens (tertiary/aromatic N) is 2. The molecule has 1 aromatic carbocycles. The summed E-state index contributed by atoms with van der Waals surface area (Å²) >= 11 is 12.9. The number of hydrogen-bond acceptors (Lipinski definition) is 5. The van der Waals surface area contributed by atoms with Crippen LogP contribution >= 0.6 is 35.0 Å². The number of aromatic amines is 1. The SMILES string of the molecule is CCc1nc(S[C@H](C)C(=O)Nc2cc(Cl)cc(Cl)c2)[nH]c(=O)c1C#N. The van der Waals surface area contributed by atoms with Crippen molar-refractivity contribution >= 4 is 46.6 Å². The second kappa shape index (κ2) is 8.39. The zero-order valence-corrected chi connectivity index (χ0v) is 15.7. The molecule has 0 bridgehead atoms. The summed E-state index contributed by atoms with van der Waals surface area (Å²) in [5.74, 6) is -0.298. The Bertz CT molecular complexity index is 888. The molecule has 2 N–H and O–H groups in total. The van der Waals surface area contributed by atoms with Crippen molar-refractivity contribution in [1.29, 1.82) is 5.26 Å². The topological polar surface area (TPSA) is 98.6 Å². The molecule has 0 radical (unpaired) electrons. The molecule has 1 aromatic heterocycles. The van der Waals surface area contributed by atoms with Gasteiger partial charge in [-0.15, -0.1) is 0 Å². The van der Waals surface area contributed by atoms with Gasteiger partial charge < -0.3 is 10.3 Å². The van der Waals surface area contributed by atoms with Crippen LogP contribution in [0.15, 0.2) is 28.2 Å². The molecule has 0 fully saturated rings. The minimum absolute atomic E-state index is 0.00229. The van der Waals surface area contributed by atoms with Crippen LogP contribution in [0.25, 0.3) is 0 Å². The second-order valence-electron chi connectivity index (χ2n) is 5.07. The van der Waals surface area contributed by atoms with Crippen LogP contribution in [0.2, 0.25) is 10.0 Å². The first kappa shape index (κ1) is 19.3. The number of benzene rings is 1. The van der Waals surface area contributed by atoms with Crippen LogP contribution in [0, 0.1) is 11.3 Å². The maximum absolute atomic E-state index is 12.3. The summed E-state index contributed by atoms with van der Waals surface area (Å²) in [6.45, 7) is 3.48. The average Bonchev–Trinajstić information content (AvgIpc) is 2.53. The van der Waals surface area contributed by atoms with Crippen LogP contribution in [0.3, 0.4) is 0 Å². The van der Waals surface area contributed by atoms with Crippen LogP contribution in [0.5, 0.6) is 0 Å². The van der Waals surface area contributed by atoms with Crippen molar-refractivity contribution in [3.05, 3.63) is 49.9 Å². The number of anilines is 1. The van der Waals surface area contributed by atoms with Crippen LogP contribution in [0.1, 0.15) is 25.1 Å². The Balaban J connectivity index is 2.15. The molecule has 0 aliphatic heterocycles. The summed E-state index contributed by atoms with van der Waals surface area (Å²) in [6.07, 6.45) is 0.446. The van der Waals surface area contributed by atoms with Gasteiger partial charge in [0.1, 0.15) is 11.6 Å². The zero-order valence-electron chi connectivity index (χ0n) is 13.4. The Morgan fingerprint density at radius 3 is 2.60 bits per heavy atom. The molecule has 1 atom stereocenters. The van der Waals surface area contributed by atoms with E-state index in [2.05, 4.69) is 15.3 Å². The first-order valence-electron chi connectivity index (χ1n) is 7.31. The molecule has 2 aromatic rings. The monoisotopic (exact) mass is 396 g/mol. The summed E-state index contributed by atoms with van der Waals surface area (Å²) in [6, 6.07) is 6.57. The second-order valence-corrected chi connectivity index (χ2v) is 7.27. The summed E-state index contributed by atoms with van der Waals surface area (Å²) in [7, 11) is 0. The Kier molecular flexibility index (Phi) is 6.48. The Morgan fingerprint density at radius 2 is 2.04 bits per heavy atom. The van der Waals surface area contributed by atoms with Crippen LogP contribution in [-0.2, 0) is 11.2 Å². The number of aromatic nitrogens is 2. The van der Waals surface area contributed by atoms with Crippen LogP contribution < -0.4 is 10.9 Å². The van der Waals surface area contributed by atoms with Gasteiger partial charge in [-0.25, -0.2) is 4.98 Å². The number of hydrogen-bond donors (Lipinski definition) is 2. The predicted octanol–water partition coefficient (Wildman–Crippen LogP) is 3.63. The quantitative estimate of drug-likeness (QED) is 0.593. The van der Waals surface area contributed by atoms with Crippen molar-refractivity contribution in [2.75, 3.05) is 5.32 Å². The molecular weight excluding hydrogens is 383 g/mol. The third kappa shape index (κ3) is 4.98. The smallest absolute Gasteiger partial charge is 0.269 e. The van der Waals surface area contributed by atoms with E-state index in [4.69, 9.17) is 28.5 Å². The third-order valence-corrected chi connectivity index (χ3v) is 4.63. The first-order chi connectivity index (χ1) is 11.8. The lowest BCUT2D eigenvalue weighted by Crippen LogP contribution is -2.24. The molecule has 130 valence electrons. The highest BCUT2D eigenvalue weighted by molar-refractivity contribution is 8.00. The number of aryl methyl sites for hydroxylation is 1. The predicted molar refractivity (Wildman–Crippen MR) is 99.4 cm³/mol. The van der Waals surface area contributed by atoms with E-state index in [0.29, 0.717) is 27.8 Å². The van der Waals surface area contributed by atoms with E-state index in [0.717, 1.165) is 11.8 Å². The largest absolute Gasteiger partial charge is 0.325 e. The molecule has 0 unspecified atom stereocenters. The number of H-pyrrole nitrogens is 1. The maximum Gasteiger partial charge on any atom is 0.269 e. The number of carbonyl (C=O) groups excluding carboxylic acids is 1. The molecule has 0 aliphatic carbocycles. The van der Waals surface area contributed by atoms with E-state index in [-0.39, 0.29) is 16.6 Å². The minimum atomic E-state index is -0.543. The molecule has 0 aliphatic rings. The molecule has 0 spiro atoms. The van der Waals surface area contributed by atoms with Gasteiger partial charge in [0.15, 0.2) is 5.16 Å². The van der Waals surface area contributed by atoms with Crippen molar-refractivity contribution < 1.29 is 4.79 Å². The summed E-state index contributed by atoms with van der Waals surface area (Å²) in [5, 5.41) is 12.3. The lowest BCUT2D eigenvalue weighted by Gasteiger charge is -2.12. The van der Waals surface area contributed by atoms with Crippen molar-refractivity contribution in [2.24, 2.45) is 0 Å². The van der Waals surface area contributed by atoms with E-state index in [1.54, 1.807) is 32.0 Å². The van der Waals surface area contributed by atoms with Gasteiger partial charge in [0.05, 0.1) is 10.9 Å². The lowest BCUT2D eigenvalue weighted by atomic mass is 10.2. The highest BCUT2D eigenvalue weighted by Crippen LogP contribution is 2.24. The fraction of sp³-hybridized carbons (Fsp3) is 0.250. The number of rotatable bonds is 5. The van der Waals surface area contributed by atoms with Crippen molar-refractivity contribution in [3.8, 4) is 6.07 Å². The summed E-state index contributed by atoms with van der Waals surface area (Å²) in [4.78, 5) is 31.0. The number of halogens is 2. The minimum Gasteiger partial charge on any atom is -0.325 e. The third-order valence-electron chi connectivity index (χ3n) is 3.21. The van der Waals surface area contributed by atoms with Crippen LogP contribution in [0.4, 0.5) is 5.69 Å². The van der Waals surface area contributed by atoms with Gasteiger partial charge in [0.2, 0.25) is 5.91 Å². The fourth-order valence-electron chi connectivity index (χ4n) is 2.01. The maximum atomic E-state index is 12.3. The number of nitrogens with one attached hydrogen (secondary N) is 2. The van der Waals surface area contributed by atoms with Crippen molar-refractivity contribution in [2.45, 2.75) is 30.7 Å². The van der Waals surface area contributed by atoms with Crippen molar-refractivity contribution in [3.63, 3.8) is 0 Å². The molecule has 0 saturated carbocycles. The highest BCUT2D eigenvalue weighted by Gasteiger charge is 2.18. The highest BCUT2D eigenvalue weighted by atomic mass is 35.5. The van der Waals surface area contributed by atoms with Gasteiger partial charge in [-0.05, 0) is 31.5 Å². The van der Waals surface area contributed by atoms with Gasteiger partial charge >= 0.3 is 0 Å². The Morgan fingerprint density at radius 1 is 1.40 bits per heavy atom. The van der Waals surface area contributed by atoms with Gasteiger partial charge in [-0.3, -0.25) is 9.59 Å². The average molecular weight is 397 g/mol. The molecular formula is C16H14Cl2N4O2S. The zero-order chi connectivity index (χ0) is 18.6. The Labute approximate surface area is 158 Å². The molecule has 9 heteroatoms. The first-order valence-corrected chi connectivity index (χ1v) is 8.94. The number of thioether (sulfide) groups is 1.